The summed E-state index contributed by atoms with van der Waals surface area (Å²) in [6, 6.07) is 12.3. The van der Waals surface area contributed by atoms with Gasteiger partial charge in [0, 0.05) is 16.1 Å². The average Bonchev–Trinajstić information content (AvgIpc) is 3.02. The molecule has 0 aliphatic carbocycles. The number of benzene rings is 2. The van der Waals surface area contributed by atoms with Crippen LogP contribution in [0.3, 0.4) is 0 Å². The molecule has 0 spiro atoms. The van der Waals surface area contributed by atoms with Crippen LogP contribution in [0.4, 0.5) is 5.82 Å². The molecule has 4 rings (SSSR count). The number of carbonyl (C=O) groups is 1. The number of hydrogen-bond acceptors (Lipinski definition) is 6. The van der Waals surface area contributed by atoms with Gasteiger partial charge in [-0.25, -0.2) is 9.97 Å². The predicted octanol–water partition coefficient (Wildman–Crippen LogP) is 4.05. The number of nitrogens with zero attached hydrogens (tertiary/aromatic N) is 4. The molecular formula is C22H21BrN6O2. The molecule has 8 nitrogen and oxygen atoms in total. The van der Waals surface area contributed by atoms with E-state index < -0.39 is 0 Å². The number of nitrogens with two attached hydrogens (primary N) is 1. The van der Waals surface area contributed by atoms with Gasteiger partial charge in [0.15, 0.2) is 5.65 Å². The number of hydrogen-bond donors (Lipinski definition) is 3. The molecule has 0 bridgehead atoms. The predicted molar refractivity (Wildman–Crippen MR) is 125 cm³/mol. The highest BCUT2D eigenvalue weighted by molar-refractivity contribution is 9.10. The highest BCUT2D eigenvalue weighted by atomic mass is 79.9. The van der Waals surface area contributed by atoms with E-state index in [1.807, 2.05) is 38.1 Å². The van der Waals surface area contributed by atoms with E-state index in [1.165, 1.54) is 10.9 Å². The number of phenols is 1. The van der Waals surface area contributed by atoms with Gasteiger partial charge in [-0.15, -0.1) is 0 Å². The Morgan fingerprint density at radius 3 is 2.71 bits per heavy atom. The van der Waals surface area contributed by atoms with E-state index in [-0.39, 0.29) is 29.1 Å². The third kappa shape index (κ3) is 3.96. The molecule has 31 heavy (non-hydrogen) atoms. The van der Waals surface area contributed by atoms with Crippen molar-refractivity contribution >= 4 is 56.1 Å². The smallest absolute Gasteiger partial charge is 0.257 e. The molecule has 0 fully saturated rings. The van der Waals surface area contributed by atoms with Crippen molar-refractivity contribution < 1.29 is 9.90 Å². The maximum atomic E-state index is 13.0. The Labute approximate surface area is 186 Å². The minimum atomic E-state index is -0.333. The fraction of sp³-hybridized carbons (Fsp3) is 0.182. The lowest BCUT2D eigenvalue weighted by Crippen LogP contribution is -2.32. The highest BCUT2D eigenvalue weighted by Crippen LogP contribution is 2.28. The summed E-state index contributed by atoms with van der Waals surface area (Å²) in [4.78, 5) is 22.3. The third-order valence-electron chi connectivity index (χ3n) is 4.99. The second-order valence-corrected chi connectivity index (χ2v) is 8.10. The van der Waals surface area contributed by atoms with Gasteiger partial charge < -0.3 is 16.2 Å². The molecule has 9 heteroatoms. The van der Waals surface area contributed by atoms with E-state index in [0.29, 0.717) is 27.8 Å². The second kappa shape index (κ2) is 8.35. The van der Waals surface area contributed by atoms with Crippen LogP contribution in [0.25, 0.3) is 22.2 Å². The summed E-state index contributed by atoms with van der Waals surface area (Å²) in [6.07, 6.45) is 2.24. The molecule has 1 amide bonds. The summed E-state index contributed by atoms with van der Waals surface area (Å²) in [5, 5.41) is 17.5. The van der Waals surface area contributed by atoms with E-state index in [1.54, 1.807) is 18.2 Å². The molecule has 2 aromatic carbocycles. The van der Waals surface area contributed by atoms with Crippen molar-refractivity contribution in [3.63, 3.8) is 0 Å². The van der Waals surface area contributed by atoms with Crippen molar-refractivity contribution in [1.82, 2.24) is 20.0 Å². The maximum absolute atomic E-state index is 13.0. The van der Waals surface area contributed by atoms with Gasteiger partial charge in [0.25, 0.3) is 5.91 Å². The minimum absolute atomic E-state index is 0.0270. The Kier molecular flexibility index (Phi) is 5.60. The van der Waals surface area contributed by atoms with Crippen molar-refractivity contribution in [2.75, 3.05) is 5.73 Å². The molecule has 1 atom stereocenters. The van der Waals surface area contributed by atoms with E-state index in [0.717, 1.165) is 10.9 Å². The number of fused-ring (bicyclic) bond motifs is 2. The number of anilines is 1. The van der Waals surface area contributed by atoms with Crippen molar-refractivity contribution in [3.8, 4) is 5.75 Å². The van der Waals surface area contributed by atoms with Gasteiger partial charge in [0.2, 0.25) is 0 Å². The first-order valence-corrected chi connectivity index (χ1v) is 10.6. The quantitative estimate of drug-likeness (QED) is 0.372. The normalized spacial score (nSPS) is 12.6. The number of rotatable bonds is 5. The fourth-order valence-electron chi connectivity index (χ4n) is 3.13. The summed E-state index contributed by atoms with van der Waals surface area (Å²) in [6.45, 7) is 3.90. The molecule has 4 N–H and O–H groups in total. The number of aromatic nitrogens is 3. The Hall–Kier alpha value is -3.46. The number of aromatic hydroxyl groups is 1. The zero-order valence-electron chi connectivity index (χ0n) is 17.0. The number of halogens is 1. The fourth-order valence-corrected chi connectivity index (χ4v) is 3.51. The van der Waals surface area contributed by atoms with Crippen LogP contribution < -0.4 is 11.1 Å². The Morgan fingerprint density at radius 2 is 2.00 bits per heavy atom. The number of phenolic OH excluding ortho intramolecular Hbond substituents is 1. The summed E-state index contributed by atoms with van der Waals surface area (Å²) < 4.78 is 2.16. The van der Waals surface area contributed by atoms with Gasteiger partial charge in [-0.05, 0) is 43.7 Å². The summed E-state index contributed by atoms with van der Waals surface area (Å²) in [5.74, 6) is -0.147. The Morgan fingerprint density at radius 1 is 1.29 bits per heavy atom. The summed E-state index contributed by atoms with van der Waals surface area (Å²) in [7, 11) is 0. The molecule has 0 saturated carbocycles. The van der Waals surface area contributed by atoms with Crippen LogP contribution in [0.5, 0.6) is 5.75 Å². The highest BCUT2D eigenvalue weighted by Gasteiger charge is 2.24. The molecule has 0 aliphatic heterocycles. The maximum Gasteiger partial charge on any atom is 0.257 e. The van der Waals surface area contributed by atoms with Gasteiger partial charge in [-0.3, -0.25) is 4.79 Å². The van der Waals surface area contributed by atoms with Crippen LogP contribution >= 0.6 is 15.9 Å². The van der Waals surface area contributed by atoms with E-state index in [4.69, 9.17) is 5.73 Å². The average molecular weight is 481 g/mol. The van der Waals surface area contributed by atoms with Crippen LogP contribution in [-0.4, -0.2) is 37.9 Å². The standard InChI is InChI=1S/C22H21BrN6O2/c1-3-12(2)26-22(31)18-19-21(28-16-7-5-4-6-15(16)27-19)29(20(18)24)25-11-13-10-14(23)8-9-17(13)30/h4-12,30H,3,24H2,1-2H3,(H,26,31)/b25-11-/t12-/m0/s1. The second-order valence-electron chi connectivity index (χ2n) is 7.19. The van der Waals surface area contributed by atoms with Crippen LogP contribution in [0.2, 0.25) is 0 Å². The zero-order chi connectivity index (χ0) is 22.1. The van der Waals surface area contributed by atoms with Gasteiger partial charge in [-0.1, -0.05) is 35.0 Å². The van der Waals surface area contributed by atoms with E-state index in [2.05, 4.69) is 36.3 Å². The summed E-state index contributed by atoms with van der Waals surface area (Å²) >= 11 is 3.38. The molecule has 0 unspecified atom stereocenters. The number of nitrogens with one attached hydrogen (secondary N) is 1. The van der Waals surface area contributed by atoms with Crippen LogP contribution in [0.1, 0.15) is 36.2 Å². The zero-order valence-corrected chi connectivity index (χ0v) is 18.6. The van der Waals surface area contributed by atoms with Gasteiger partial charge >= 0.3 is 0 Å². The van der Waals surface area contributed by atoms with Crippen molar-refractivity contribution in [1.29, 1.82) is 0 Å². The first-order valence-electron chi connectivity index (χ1n) is 9.79. The van der Waals surface area contributed by atoms with Crippen molar-refractivity contribution in [2.45, 2.75) is 26.3 Å². The lowest BCUT2D eigenvalue weighted by Gasteiger charge is -2.11. The first kappa shape index (κ1) is 20.8. The minimum Gasteiger partial charge on any atom is -0.507 e. The van der Waals surface area contributed by atoms with E-state index >= 15 is 0 Å². The summed E-state index contributed by atoms with van der Waals surface area (Å²) in [5.41, 5.74) is 9.11. The van der Waals surface area contributed by atoms with Crippen LogP contribution in [-0.2, 0) is 0 Å². The van der Waals surface area contributed by atoms with Crippen molar-refractivity contribution in [3.05, 3.63) is 58.1 Å². The molecule has 2 heterocycles. The van der Waals surface area contributed by atoms with Gasteiger partial charge in [-0.2, -0.15) is 9.78 Å². The van der Waals surface area contributed by atoms with Crippen LogP contribution in [0.15, 0.2) is 52.0 Å². The SMILES string of the molecule is CC[C@H](C)NC(=O)c1c(N)n(/N=C\c2cc(Br)ccc2O)c2nc3ccccc3nc12. The topological polar surface area (TPSA) is 118 Å². The van der Waals surface area contributed by atoms with E-state index in [9.17, 15) is 9.90 Å². The third-order valence-corrected chi connectivity index (χ3v) is 5.49. The Balaban J connectivity index is 1.92. The molecule has 158 valence electrons. The van der Waals surface area contributed by atoms with Crippen LogP contribution in [0, 0.1) is 0 Å². The monoisotopic (exact) mass is 480 g/mol. The molecule has 0 aliphatic rings. The largest absolute Gasteiger partial charge is 0.507 e. The number of carbonyl (C=O) groups excluding carboxylic acids is 1. The van der Waals surface area contributed by atoms with Crippen molar-refractivity contribution in [2.24, 2.45) is 5.10 Å². The van der Waals surface area contributed by atoms with Gasteiger partial charge in [0.1, 0.15) is 22.6 Å². The number of para-hydroxylation sites is 2. The lowest BCUT2D eigenvalue weighted by atomic mass is 10.2. The molecule has 0 saturated heterocycles. The molecular weight excluding hydrogens is 460 g/mol. The molecule has 0 radical (unpaired) electrons. The molecule has 4 aromatic rings. The number of nitrogen functional groups attached to an aromatic ring is 1. The lowest BCUT2D eigenvalue weighted by molar-refractivity contribution is 0.0941. The first-order chi connectivity index (χ1) is 14.9. The number of amides is 1. The Bertz CT molecular complexity index is 1330. The van der Waals surface area contributed by atoms with Gasteiger partial charge in [0.05, 0.1) is 17.2 Å². The molecule has 2 aromatic heterocycles.